The zero-order chi connectivity index (χ0) is 12.3. The summed E-state index contributed by atoms with van der Waals surface area (Å²) in [6.07, 6.45) is 4.83. The van der Waals surface area contributed by atoms with Crippen LogP contribution in [0.15, 0.2) is 10.9 Å². The Balaban J connectivity index is 2.01. The molecule has 2 heterocycles. The molecule has 1 fully saturated rings. The molecule has 1 saturated heterocycles. The van der Waals surface area contributed by atoms with Crippen LogP contribution in [-0.2, 0) is 6.54 Å². The molecule has 0 spiro atoms. The minimum absolute atomic E-state index is 0.113. The molecule has 94 valence electrons. The Bertz CT molecular complexity index is 433. The summed E-state index contributed by atoms with van der Waals surface area (Å²) in [4.78, 5) is 15.8. The van der Waals surface area contributed by atoms with E-state index in [1.807, 2.05) is 19.9 Å². The average molecular weight is 235 g/mol. The van der Waals surface area contributed by atoms with E-state index in [-0.39, 0.29) is 5.69 Å². The van der Waals surface area contributed by atoms with Gasteiger partial charge < -0.3 is 5.32 Å². The Morgan fingerprint density at radius 2 is 2.29 bits per heavy atom. The first kappa shape index (κ1) is 12.3. The lowest BCUT2D eigenvalue weighted by atomic mass is 10.0. The molecule has 1 aromatic rings. The number of nitrogens with zero attached hydrogens (tertiary/aromatic N) is 2. The molecular formula is C13H21N3O. The van der Waals surface area contributed by atoms with E-state index in [0.717, 1.165) is 30.9 Å². The third-order valence-electron chi connectivity index (χ3n) is 3.46. The molecule has 0 saturated carbocycles. The van der Waals surface area contributed by atoms with E-state index in [1.54, 1.807) is 4.57 Å². The molecule has 1 atom stereocenters. The maximum Gasteiger partial charge on any atom is 0.347 e. The van der Waals surface area contributed by atoms with Crippen LogP contribution in [0.1, 0.15) is 37.1 Å². The smallest absolute Gasteiger partial charge is 0.314 e. The molecule has 0 aromatic carbocycles. The van der Waals surface area contributed by atoms with Crippen LogP contribution in [-0.4, -0.2) is 22.1 Å². The summed E-state index contributed by atoms with van der Waals surface area (Å²) < 4.78 is 1.78. The molecule has 17 heavy (non-hydrogen) atoms. The second-order valence-corrected chi connectivity index (χ2v) is 4.91. The van der Waals surface area contributed by atoms with Gasteiger partial charge in [0.25, 0.3) is 0 Å². The quantitative estimate of drug-likeness (QED) is 0.861. The molecule has 1 unspecified atom stereocenters. The summed E-state index contributed by atoms with van der Waals surface area (Å²) in [5.74, 6) is 0. The van der Waals surface area contributed by atoms with E-state index in [9.17, 15) is 4.79 Å². The Kier molecular flexibility index (Phi) is 3.94. The van der Waals surface area contributed by atoms with Crippen LogP contribution in [0.5, 0.6) is 0 Å². The normalized spacial score (nSPS) is 20.5. The van der Waals surface area contributed by atoms with Crippen molar-refractivity contribution in [2.75, 3.05) is 6.54 Å². The van der Waals surface area contributed by atoms with Crippen molar-refractivity contribution in [3.63, 3.8) is 0 Å². The lowest BCUT2D eigenvalue weighted by molar-refractivity contribution is 0.362. The van der Waals surface area contributed by atoms with Gasteiger partial charge in [-0.1, -0.05) is 6.42 Å². The molecule has 4 heteroatoms. The van der Waals surface area contributed by atoms with Gasteiger partial charge in [0.1, 0.15) is 0 Å². The molecule has 1 aromatic heterocycles. The van der Waals surface area contributed by atoms with Crippen LogP contribution in [0, 0.1) is 13.8 Å². The first-order valence-electron chi connectivity index (χ1n) is 6.45. The van der Waals surface area contributed by atoms with Crippen LogP contribution in [0.4, 0.5) is 0 Å². The van der Waals surface area contributed by atoms with E-state index in [4.69, 9.17) is 0 Å². The monoisotopic (exact) mass is 235 g/mol. The largest absolute Gasteiger partial charge is 0.347 e. The van der Waals surface area contributed by atoms with Crippen molar-refractivity contribution >= 4 is 0 Å². The third kappa shape index (κ3) is 3.16. The predicted molar refractivity (Wildman–Crippen MR) is 68.2 cm³/mol. The molecule has 0 radical (unpaired) electrons. The van der Waals surface area contributed by atoms with E-state index >= 15 is 0 Å². The zero-order valence-electron chi connectivity index (χ0n) is 10.7. The summed E-state index contributed by atoms with van der Waals surface area (Å²) >= 11 is 0. The summed E-state index contributed by atoms with van der Waals surface area (Å²) in [6.45, 7) is 5.73. The third-order valence-corrected chi connectivity index (χ3v) is 3.46. The van der Waals surface area contributed by atoms with Gasteiger partial charge in [-0.15, -0.1) is 0 Å². The number of rotatable bonds is 3. The van der Waals surface area contributed by atoms with Gasteiger partial charge in [0.05, 0.1) is 0 Å². The first-order chi connectivity index (χ1) is 8.16. The van der Waals surface area contributed by atoms with Gasteiger partial charge in [0.15, 0.2) is 0 Å². The van der Waals surface area contributed by atoms with E-state index in [2.05, 4.69) is 10.3 Å². The molecule has 4 nitrogen and oxygen atoms in total. The molecule has 1 N–H and O–H groups in total. The molecule has 0 aliphatic carbocycles. The molecule has 1 aliphatic heterocycles. The Hall–Kier alpha value is -1.16. The highest BCUT2D eigenvalue weighted by Crippen LogP contribution is 2.11. The number of hydrogen-bond acceptors (Lipinski definition) is 3. The van der Waals surface area contributed by atoms with Gasteiger partial charge in [-0.2, -0.15) is 4.98 Å². The Morgan fingerprint density at radius 3 is 2.94 bits per heavy atom. The Morgan fingerprint density at radius 1 is 1.47 bits per heavy atom. The van der Waals surface area contributed by atoms with Gasteiger partial charge >= 0.3 is 5.69 Å². The number of nitrogens with one attached hydrogen (secondary N) is 1. The predicted octanol–water partition coefficient (Wildman–Crippen LogP) is 1.39. The number of hydrogen-bond donors (Lipinski definition) is 1. The maximum absolute atomic E-state index is 11.8. The highest BCUT2D eigenvalue weighted by molar-refractivity contribution is 5.06. The van der Waals surface area contributed by atoms with Crippen LogP contribution < -0.4 is 11.0 Å². The van der Waals surface area contributed by atoms with Gasteiger partial charge in [-0.3, -0.25) is 4.57 Å². The van der Waals surface area contributed by atoms with Crippen LogP contribution in [0.3, 0.4) is 0 Å². The van der Waals surface area contributed by atoms with Crippen molar-refractivity contribution in [3.05, 3.63) is 27.9 Å². The molecule has 2 rings (SSSR count). The fourth-order valence-corrected chi connectivity index (χ4v) is 2.50. The molecule has 1 aliphatic rings. The highest BCUT2D eigenvalue weighted by Gasteiger charge is 2.13. The second-order valence-electron chi connectivity index (χ2n) is 4.91. The summed E-state index contributed by atoms with van der Waals surface area (Å²) in [5.41, 5.74) is 1.70. The average Bonchev–Trinajstić information content (AvgIpc) is 2.29. The molecule has 0 bridgehead atoms. The van der Waals surface area contributed by atoms with Crippen molar-refractivity contribution in [2.24, 2.45) is 0 Å². The topological polar surface area (TPSA) is 46.9 Å². The summed E-state index contributed by atoms with van der Waals surface area (Å²) in [5, 5.41) is 3.50. The van der Waals surface area contributed by atoms with Gasteiger partial charge in [-0.05, 0) is 45.7 Å². The SMILES string of the molecule is Cc1cc(C)n(CCC2CCCCN2)c(=O)n1. The fraction of sp³-hybridized carbons (Fsp3) is 0.692. The van der Waals surface area contributed by atoms with Gasteiger partial charge in [0.2, 0.25) is 0 Å². The number of piperidine rings is 1. The molecular weight excluding hydrogens is 214 g/mol. The Labute approximate surface area is 102 Å². The lowest BCUT2D eigenvalue weighted by Gasteiger charge is -2.23. The fourth-order valence-electron chi connectivity index (χ4n) is 2.50. The number of aromatic nitrogens is 2. The van der Waals surface area contributed by atoms with Crippen molar-refractivity contribution in [3.8, 4) is 0 Å². The summed E-state index contributed by atoms with van der Waals surface area (Å²) in [7, 11) is 0. The van der Waals surface area contributed by atoms with Gasteiger partial charge in [-0.25, -0.2) is 4.79 Å². The van der Waals surface area contributed by atoms with Crippen LogP contribution >= 0.6 is 0 Å². The minimum Gasteiger partial charge on any atom is -0.314 e. The highest BCUT2D eigenvalue weighted by atomic mass is 16.1. The van der Waals surface area contributed by atoms with E-state index < -0.39 is 0 Å². The van der Waals surface area contributed by atoms with E-state index in [1.165, 1.54) is 19.3 Å². The lowest BCUT2D eigenvalue weighted by Crippen LogP contribution is -2.36. The number of aryl methyl sites for hydroxylation is 2. The second kappa shape index (κ2) is 5.45. The maximum atomic E-state index is 11.8. The van der Waals surface area contributed by atoms with Crippen molar-refractivity contribution in [1.82, 2.24) is 14.9 Å². The van der Waals surface area contributed by atoms with E-state index in [0.29, 0.717) is 6.04 Å². The van der Waals surface area contributed by atoms with Crippen molar-refractivity contribution < 1.29 is 0 Å². The van der Waals surface area contributed by atoms with Crippen molar-refractivity contribution in [1.29, 1.82) is 0 Å². The van der Waals surface area contributed by atoms with Crippen LogP contribution in [0.25, 0.3) is 0 Å². The standard InChI is InChI=1S/C13H21N3O/c1-10-9-11(2)16(13(17)15-10)8-6-12-5-3-4-7-14-12/h9,12,14H,3-8H2,1-2H3. The first-order valence-corrected chi connectivity index (χ1v) is 6.45. The zero-order valence-corrected chi connectivity index (χ0v) is 10.7. The van der Waals surface area contributed by atoms with Crippen LogP contribution in [0.2, 0.25) is 0 Å². The summed E-state index contributed by atoms with van der Waals surface area (Å²) in [6, 6.07) is 2.53. The molecule has 0 amide bonds. The minimum atomic E-state index is -0.113. The van der Waals surface area contributed by atoms with Crippen molar-refractivity contribution in [2.45, 2.75) is 52.1 Å². The van der Waals surface area contributed by atoms with Gasteiger partial charge in [0, 0.05) is 24.0 Å².